The Kier molecular flexibility index (Phi) is 5.14. The third kappa shape index (κ3) is 3.90. The molecule has 7 heteroatoms. The lowest BCUT2D eigenvalue weighted by molar-refractivity contribution is -0.115. The van der Waals surface area contributed by atoms with Gasteiger partial charge in [-0.15, -0.1) is 11.3 Å². The maximum Gasteiger partial charge on any atom is 0.337 e. The molecule has 0 bridgehead atoms. The Balaban J connectivity index is 1.51. The molecular weight excluding hydrogens is 386 g/mol. The van der Waals surface area contributed by atoms with Crippen molar-refractivity contribution >= 4 is 33.9 Å². The summed E-state index contributed by atoms with van der Waals surface area (Å²) in [5.41, 5.74) is 4.72. The number of hydrogen-bond acceptors (Lipinski definition) is 5. The molecule has 0 unspecified atom stereocenters. The van der Waals surface area contributed by atoms with Crippen LogP contribution in [0.25, 0.3) is 16.2 Å². The van der Waals surface area contributed by atoms with E-state index in [0.29, 0.717) is 11.3 Å². The van der Waals surface area contributed by atoms with Gasteiger partial charge < -0.3 is 10.1 Å². The summed E-state index contributed by atoms with van der Waals surface area (Å²) in [6, 6.07) is 15.0. The van der Waals surface area contributed by atoms with Crippen LogP contribution in [0.4, 0.5) is 5.69 Å². The molecule has 29 heavy (non-hydrogen) atoms. The maximum absolute atomic E-state index is 12.6. The van der Waals surface area contributed by atoms with Crippen LogP contribution in [0, 0.1) is 6.92 Å². The van der Waals surface area contributed by atoms with Crippen LogP contribution >= 0.6 is 11.3 Å². The fraction of sp³-hybridized carbons (Fsp3) is 0.136. The zero-order chi connectivity index (χ0) is 20.4. The topological polar surface area (TPSA) is 72.7 Å². The molecule has 4 aromatic rings. The van der Waals surface area contributed by atoms with E-state index in [2.05, 4.69) is 10.3 Å². The molecule has 2 heterocycles. The fourth-order valence-electron chi connectivity index (χ4n) is 3.11. The molecule has 0 spiro atoms. The first-order chi connectivity index (χ1) is 14.0. The predicted octanol–water partition coefficient (Wildman–Crippen LogP) is 4.34. The van der Waals surface area contributed by atoms with Gasteiger partial charge in [-0.25, -0.2) is 9.78 Å². The van der Waals surface area contributed by atoms with E-state index < -0.39 is 5.97 Å². The van der Waals surface area contributed by atoms with E-state index in [-0.39, 0.29) is 12.3 Å². The number of methoxy groups -OCH3 is 1. The Morgan fingerprint density at radius 3 is 2.69 bits per heavy atom. The molecule has 0 aliphatic carbocycles. The molecule has 146 valence electrons. The summed E-state index contributed by atoms with van der Waals surface area (Å²) in [5.74, 6) is -0.533. The Hall–Kier alpha value is -3.45. The van der Waals surface area contributed by atoms with Crippen LogP contribution in [0.2, 0.25) is 0 Å². The van der Waals surface area contributed by atoms with E-state index in [1.165, 1.54) is 18.4 Å². The van der Waals surface area contributed by atoms with Crippen molar-refractivity contribution in [3.8, 4) is 11.3 Å². The van der Waals surface area contributed by atoms with E-state index in [1.807, 2.05) is 53.2 Å². The number of aryl methyl sites for hydroxylation is 1. The minimum Gasteiger partial charge on any atom is -0.465 e. The van der Waals surface area contributed by atoms with Crippen LogP contribution < -0.4 is 5.32 Å². The van der Waals surface area contributed by atoms with Gasteiger partial charge in [0.25, 0.3) is 0 Å². The van der Waals surface area contributed by atoms with Crippen molar-refractivity contribution in [1.29, 1.82) is 0 Å². The first-order valence-corrected chi connectivity index (χ1v) is 9.93. The highest BCUT2D eigenvalue weighted by molar-refractivity contribution is 7.15. The number of hydrogen-bond donors (Lipinski definition) is 1. The maximum atomic E-state index is 12.6. The highest BCUT2D eigenvalue weighted by atomic mass is 32.1. The first-order valence-electron chi connectivity index (χ1n) is 9.05. The number of esters is 1. The first kappa shape index (κ1) is 18.9. The van der Waals surface area contributed by atoms with Gasteiger partial charge in [0.05, 0.1) is 24.8 Å². The van der Waals surface area contributed by atoms with Crippen molar-refractivity contribution in [2.45, 2.75) is 13.3 Å². The minimum absolute atomic E-state index is 0.131. The second-order valence-corrected chi connectivity index (χ2v) is 7.45. The Labute approximate surface area is 171 Å². The average Bonchev–Trinajstić information content (AvgIpc) is 3.31. The summed E-state index contributed by atoms with van der Waals surface area (Å²) in [5, 5.41) is 4.86. The van der Waals surface area contributed by atoms with Gasteiger partial charge in [0.1, 0.15) is 0 Å². The average molecular weight is 405 g/mol. The van der Waals surface area contributed by atoms with Gasteiger partial charge in [-0.05, 0) is 30.7 Å². The third-order valence-corrected chi connectivity index (χ3v) is 5.50. The molecule has 0 saturated heterocycles. The molecule has 0 aliphatic heterocycles. The lowest BCUT2D eigenvalue weighted by Gasteiger charge is -2.09. The number of nitrogens with zero attached hydrogens (tertiary/aromatic N) is 2. The van der Waals surface area contributed by atoms with Crippen molar-refractivity contribution < 1.29 is 14.3 Å². The normalized spacial score (nSPS) is 10.8. The Morgan fingerprint density at radius 1 is 1.17 bits per heavy atom. The van der Waals surface area contributed by atoms with Gasteiger partial charge in [-0.1, -0.05) is 30.3 Å². The predicted molar refractivity (Wildman–Crippen MR) is 113 cm³/mol. The molecule has 0 atom stereocenters. The number of aromatic nitrogens is 2. The zero-order valence-electron chi connectivity index (χ0n) is 16.0. The van der Waals surface area contributed by atoms with Crippen molar-refractivity contribution in [3.63, 3.8) is 0 Å². The van der Waals surface area contributed by atoms with Gasteiger partial charge in [-0.3, -0.25) is 9.20 Å². The molecule has 0 aliphatic rings. The lowest BCUT2D eigenvalue weighted by atomic mass is 10.1. The van der Waals surface area contributed by atoms with Crippen LogP contribution in [-0.4, -0.2) is 28.4 Å². The minimum atomic E-state index is -0.402. The number of carbonyl (C=O) groups is 2. The molecule has 1 amide bonds. The van der Waals surface area contributed by atoms with E-state index in [1.54, 1.807) is 18.2 Å². The van der Waals surface area contributed by atoms with Crippen LogP contribution in [0.1, 0.15) is 21.6 Å². The largest absolute Gasteiger partial charge is 0.465 e. The fourth-order valence-corrected chi connectivity index (χ4v) is 3.99. The number of thiazole rings is 1. The van der Waals surface area contributed by atoms with Gasteiger partial charge in [-0.2, -0.15) is 0 Å². The van der Waals surface area contributed by atoms with Gasteiger partial charge >= 0.3 is 5.97 Å². The SMILES string of the molecule is COC(=O)c1ccc(NC(=O)Cc2csc3nc(-c4ccccc4)cn23)c(C)c1. The third-order valence-electron chi connectivity index (χ3n) is 4.62. The van der Waals surface area contributed by atoms with Crippen molar-refractivity contribution in [2.75, 3.05) is 12.4 Å². The Morgan fingerprint density at radius 2 is 1.97 bits per heavy atom. The second kappa shape index (κ2) is 7.89. The van der Waals surface area contributed by atoms with E-state index in [4.69, 9.17) is 4.74 Å². The van der Waals surface area contributed by atoms with Gasteiger partial charge in [0, 0.05) is 28.5 Å². The highest BCUT2D eigenvalue weighted by Crippen LogP contribution is 2.24. The van der Waals surface area contributed by atoms with Crippen molar-refractivity contribution in [1.82, 2.24) is 9.38 Å². The summed E-state index contributed by atoms with van der Waals surface area (Å²) in [7, 11) is 1.34. The van der Waals surface area contributed by atoms with E-state index in [9.17, 15) is 9.59 Å². The number of amides is 1. The summed E-state index contributed by atoms with van der Waals surface area (Å²) >= 11 is 1.51. The number of fused-ring (bicyclic) bond motifs is 1. The number of benzene rings is 2. The lowest BCUT2D eigenvalue weighted by Crippen LogP contribution is -2.16. The van der Waals surface area contributed by atoms with Crippen molar-refractivity contribution in [2.24, 2.45) is 0 Å². The summed E-state index contributed by atoms with van der Waals surface area (Å²) in [4.78, 5) is 29.7. The van der Waals surface area contributed by atoms with Gasteiger partial charge in [0.15, 0.2) is 4.96 Å². The summed E-state index contributed by atoms with van der Waals surface area (Å²) < 4.78 is 6.68. The molecule has 4 rings (SSSR count). The van der Waals surface area contributed by atoms with Crippen molar-refractivity contribution in [3.05, 3.63) is 76.9 Å². The van der Waals surface area contributed by atoms with E-state index >= 15 is 0 Å². The number of anilines is 1. The Bertz CT molecular complexity index is 1190. The molecule has 2 aromatic heterocycles. The molecule has 6 nitrogen and oxygen atoms in total. The number of nitrogens with one attached hydrogen (secondary N) is 1. The van der Waals surface area contributed by atoms with Crippen LogP contribution in [0.15, 0.2) is 60.1 Å². The number of rotatable bonds is 5. The summed E-state index contributed by atoms with van der Waals surface area (Å²) in [6.07, 6.45) is 2.18. The molecule has 0 fully saturated rings. The smallest absolute Gasteiger partial charge is 0.337 e. The molecule has 2 aromatic carbocycles. The number of imidazole rings is 1. The molecular formula is C22H19N3O3S. The molecule has 0 saturated carbocycles. The van der Waals surface area contributed by atoms with Crippen LogP contribution in [0.3, 0.4) is 0 Å². The number of carbonyl (C=O) groups excluding carboxylic acids is 2. The van der Waals surface area contributed by atoms with Crippen LogP contribution in [0.5, 0.6) is 0 Å². The molecule has 0 radical (unpaired) electrons. The number of ether oxygens (including phenoxy) is 1. The van der Waals surface area contributed by atoms with Crippen LogP contribution in [-0.2, 0) is 16.0 Å². The summed E-state index contributed by atoms with van der Waals surface area (Å²) in [6.45, 7) is 1.84. The standard InChI is InChI=1S/C22H19N3O3S/c1-14-10-16(21(27)28-2)8-9-18(14)23-20(26)11-17-13-29-22-24-19(12-25(17)22)15-6-4-3-5-7-15/h3-10,12-13H,11H2,1-2H3,(H,23,26). The second-order valence-electron chi connectivity index (χ2n) is 6.62. The monoisotopic (exact) mass is 405 g/mol. The highest BCUT2D eigenvalue weighted by Gasteiger charge is 2.14. The van der Waals surface area contributed by atoms with E-state index in [0.717, 1.165) is 27.5 Å². The molecule has 1 N–H and O–H groups in total. The zero-order valence-corrected chi connectivity index (χ0v) is 16.8. The quantitative estimate of drug-likeness (QED) is 0.502. The van der Waals surface area contributed by atoms with Gasteiger partial charge in [0.2, 0.25) is 5.91 Å².